The number of benzene rings is 2. The Balaban J connectivity index is 1.85. The van der Waals surface area contributed by atoms with Crippen molar-refractivity contribution >= 4 is 5.96 Å². The van der Waals surface area contributed by atoms with Crippen LogP contribution in [0.25, 0.3) is 0 Å². The van der Waals surface area contributed by atoms with Crippen molar-refractivity contribution in [3.63, 3.8) is 0 Å². The van der Waals surface area contributed by atoms with E-state index >= 15 is 0 Å². The van der Waals surface area contributed by atoms with Crippen LogP contribution in [-0.2, 0) is 17.7 Å². The highest BCUT2D eigenvalue weighted by Crippen LogP contribution is 2.20. The van der Waals surface area contributed by atoms with E-state index in [0.717, 1.165) is 35.3 Å². The van der Waals surface area contributed by atoms with Gasteiger partial charge in [0, 0.05) is 45.8 Å². The first-order valence-corrected chi connectivity index (χ1v) is 9.52. The number of hydrogen-bond donors (Lipinski definition) is 2. The summed E-state index contributed by atoms with van der Waals surface area (Å²) < 4.78 is 24.2. The van der Waals surface area contributed by atoms with E-state index in [9.17, 15) is 4.39 Å². The Labute approximate surface area is 167 Å². The number of nitrogens with one attached hydrogen (secondary N) is 2. The Morgan fingerprint density at radius 1 is 1.11 bits per heavy atom. The Kier molecular flexibility index (Phi) is 9.28. The molecular formula is C22H30FN3O2. The number of nitrogens with zero attached hydrogens (tertiary/aromatic N) is 1. The van der Waals surface area contributed by atoms with Gasteiger partial charge < -0.3 is 20.1 Å². The van der Waals surface area contributed by atoms with Crippen molar-refractivity contribution in [1.82, 2.24) is 10.6 Å². The van der Waals surface area contributed by atoms with Crippen LogP contribution in [0.2, 0.25) is 0 Å². The number of aryl methyl sites for hydroxylation is 1. The van der Waals surface area contributed by atoms with Crippen LogP contribution in [0.5, 0.6) is 5.75 Å². The van der Waals surface area contributed by atoms with Gasteiger partial charge in [0.05, 0.1) is 6.61 Å². The van der Waals surface area contributed by atoms with Gasteiger partial charge in [0.2, 0.25) is 0 Å². The number of methoxy groups -OCH3 is 1. The van der Waals surface area contributed by atoms with Gasteiger partial charge in [0.25, 0.3) is 0 Å². The van der Waals surface area contributed by atoms with Crippen LogP contribution >= 0.6 is 0 Å². The van der Waals surface area contributed by atoms with Crippen molar-refractivity contribution in [1.29, 1.82) is 0 Å². The molecule has 2 aromatic carbocycles. The van der Waals surface area contributed by atoms with Crippen LogP contribution < -0.4 is 15.4 Å². The van der Waals surface area contributed by atoms with E-state index in [1.165, 1.54) is 6.07 Å². The van der Waals surface area contributed by atoms with Crippen molar-refractivity contribution in [3.05, 3.63) is 65.0 Å². The van der Waals surface area contributed by atoms with Gasteiger partial charge in [-0.1, -0.05) is 24.3 Å². The maximum Gasteiger partial charge on any atom is 0.191 e. The van der Waals surface area contributed by atoms with Crippen LogP contribution in [-0.4, -0.2) is 39.9 Å². The Morgan fingerprint density at radius 3 is 2.71 bits per heavy atom. The molecular weight excluding hydrogens is 357 g/mol. The number of hydrogen-bond acceptors (Lipinski definition) is 3. The molecule has 152 valence electrons. The quantitative estimate of drug-likeness (QED) is 0.372. The largest absolute Gasteiger partial charge is 0.493 e. The van der Waals surface area contributed by atoms with Crippen LogP contribution in [0.1, 0.15) is 23.1 Å². The van der Waals surface area contributed by atoms with Crippen molar-refractivity contribution < 1.29 is 13.9 Å². The molecule has 0 saturated heterocycles. The summed E-state index contributed by atoms with van der Waals surface area (Å²) in [6.07, 6.45) is 1.57. The Bertz CT molecular complexity index is 765. The van der Waals surface area contributed by atoms with Gasteiger partial charge in [-0.3, -0.25) is 4.99 Å². The monoisotopic (exact) mass is 387 g/mol. The maximum atomic E-state index is 13.3. The second-order valence-corrected chi connectivity index (χ2v) is 6.54. The van der Waals surface area contributed by atoms with Crippen LogP contribution in [0.15, 0.2) is 47.5 Å². The van der Waals surface area contributed by atoms with E-state index in [4.69, 9.17) is 9.47 Å². The molecule has 0 unspecified atom stereocenters. The van der Waals surface area contributed by atoms with Crippen molar-refractivity contribution in [2.75, 3.05) is 33.9 Å². The average molecular weight is 387 g/mol. The Morgan fingerprint density at radius 2 is 1.96 bits per heavy atom. The van der Waals surface area contributed by atoms with Crippen LogP contribution in [0, 0.1) is 12.7 Å². The lowest BCUT2D eigenvalue weighted by Crippen LogP contribution is -2.37. The molecule has 0 radical (unpaired) electrons. The second kappa shape index (κ2) is 12.0. The van der Waals surface area contributed by atoms with E-state index < -0.39 is 0 Å². The van der Waals surface area contributed by atoms with E-state index in [2.05, 4.69) is 27.8 Å². The number of guanidine groups is 1. The summed E-state index contributed by atoms with van der Waals surface area (Å²) in [5.41, 5.74) is 3.17. The summed E-state index contributed by atoms with van der Waals surface area (Å²) in [7, 11) is 3.42. The predicted octanol–water partition coefficient (Wildman–Crippen LogP) is 3.46. The van der Waals surface area contributed by atoms with Gasteiger partial charge in [-0.25, -0.2) is 4.39 Å². The number of aliphatic imine (C=N–C) groups is 1. The summed E-state index contributed by atoms with van der Waals surface area (Å²) in [5.74, 6) is 1.36. The van der Waals surface area contributed by atoms with Crippen molar-refractivity contribution in [3.8, 4) is 5.75 Å². The number of ether oxygens (including phenoxy) is 2. The standard InChI is InChI=1S/C22H30FN3O2/c1-17-8-9-19(21(14-17)28-13-5-12-27-3)16-26-22(24-2)25-11-10-18-6-4-7-20(23)15-18/h4,6-9,14-15H,5,10-13,16H2,1-3H3,(H2,24,25,26). The first kappa shape index (κ1) is 21.7. The molecule has 0 aliphatic heterocycles. The zero-order valence-corrected chi connectivity index (χ0v) is 16.9. The van der Waals surface area contributed by atoms with Crippen molar-refractivity contribution in [2.45, 2.75) is 26.3 Å². The molecule has 28 heavy (non-hydrogen) atoms. The van der Waals surface area contributed by atoms with Gasteiger partial charge in [0.15, 0.2) is 5.96 Å². The first-order valence-electron chi connectivity index (χ1n) is 9.52. The summed E-state index contributed by atoms with van der Waals surface area (Å²) in [6, 6.07) is 12.8. The topological polar surface area (TPSA) is 54.9 Å². The molecule has 2 rings (SSSR count). The lowest BCUT2D eigenvalue weighted by molar-refractivity contribution is 0.172. The summed E-state index contributed by atoms with van der Waals surface area (Å²) in [6.45, 7) is 4.61. The predicted molar refractivity (Wildman–Crippen MR) is 111 cm³/mol. The molecule has 0 bridgehead atoms. The maximum absolute atomic E-state index is 13.3. The zero-order chi connectivity index (χ0) is 20.2. The fourth-order valence-electron chi connectivity index (χ4n) is 2.74. The van der Waals surface area contributed by atoms with E-state index in [1.807, 2.05) is 19.1 Å². The van der Waals surface area contributed by atoms with E-state index in [1.54, 1.807) is 26.3 Å². The molecule has 5 nitrogen and oxygen atoms in total. The Hall–Kier alpha value is -2.60. The number of halogens is 1. The highest BCUT2D eigenvalue weighted by atomic mass is 19.1. The summed E-state index contributed by atoms with van der Waals surface area (Å²) in [4.78, 5) is 4.25. The third kappa shape index (κ3) is 7.56. The fraction of sp³-hybridized carbons (Fsp3) is 0.409. The third-order valence-corrected chi connectivity index (χ3v) is 4.24. The van der Waals surface area contributed by atoms with Crippen molar-refractivity contribution in [2.24, 2.45) is 4.99 Å². The molecule has 0 atom stereocenters. The molecule has 0 aliphatic rings. The number of rotatable bonds is 10. The average Bonchev–Trinajstić information content (AvgIpc) is 2.69. The van der Waals surface area contributed by atoms with Crippen LogP contribution in [0.4, 0.5) is 4.39 Å². The van der Waals surface area contributed by atoms with Gasteiger partial charge in [-0.05, 0) is 42.7 Å². The SMILES string of the molecule is CN=C(NCCc1cccc(F)c1)NCc1ccc(C)cc1OCCCOC. The molecule has 2 aromatic rings. The molecule has 0 heterocycles. The highest BCUT2D eigenvalue weighted by Gasteiger charge is 2.06. The van der Waals surface area contributed by atoms with Gasteiger partial charge in [-0.2, -0.15) is 0 Å². The first-order chi connectivity index (χ1) is 13.6. The zero-order valence-electron chi connectivity index (χ0n) is 16.9. The van der Waals surface area contributed by atoms with Crippen LogP contribution in [0.3, 0.4) is 0 Å². The smallest absolute Gasteiger partial charge is 0.191 e. The lowest BCUT2D eigenvalue weighted by atomic mass is 10.1. The third-order valence-electron chi connectivity index (χ3n) is 4.24. The fourth-order valence-corrected chi connectivity index (χ4v) is 2.74. The summed E-state index contributed by atoms with van der Waals surface area (Å²) >= 11 is 0. The van der Waals surface area contributed by atoms with Gasteiger partial charge in [0.1, 0.15) is 11.6 Å². The van der Waals surface area contributed by atoms with Gasteiger partial charge >= 0.3 is 0 Å². The molecule has 0 fully saturated rings. The summed E-state index contributed by atoms with van der Waals surface area (Å²) in [5, 5.41) is 6.56. The molecule has 0 amide bonds. The minimum Gasteiger partial charge on any atom is -0.493 e. The molecule has 0 saturated carbocycles. The van der Waals surface area contributed by atoms with E-state index in [0.29, 0.717) is 32.3 Å². The molecule has 6 heteroatoms. The molecule has 0 aliphatic carbocycles. The molecule has 2 N–H and O–H groups in total. The second-order valence-electron chi connectivity index (χ2n) is 6.54. The highest BCUT2D eigenvalue weighted by molar-refractivity contribution is 5.79. The lowest BCUT2D eigenvalue weighted by Gasteiger charge is -2.15. The van der Waals surface area contributed by atoms with Gasteiger partial charge in [-0.15, -0.1) is 0 Å². The molecule has 0 aromatic heterocycles. The van der Waals surface area contributed by atoms with E-state index in [-0.39, 0.29) is 5.82 Å². The minimum absolute atomic E-state index is 0.211. The normalized spacial score (nSPS) is 11.4. The minimum atomic E-state index is -0.211. The molecule has 0 spiro atoms.